The minimum atomic E-state index is -0.284. The van der Waals surface area contributed by atoms with Gasteiger partial charge in [-0.2, -0.15) is 0 Å². The minimum absolute atomic E-state index is 0.255. The Kier molecular flexibility index (Phi) is 4.89. The Morgan fingerprint density at radius 3 is 2.59 bits per heavy atom. The molecular formula is C21H21N3O3. The van der Waals surface area contributed by atoms with Gasteiger partial charge in [0.25, 0.3) is 5.91 Å². The lowest BCUT2D eigenvalue weighted by molar-refractivity contribution is 0.0952. The van der Waals surface area contributed by atoms with Gasteiger partial charge in [-0.15, -0.1) is 0 Å². The Labute approximate surface area is 156 Å². The van der Waals surface area contributed by atoms with Crippen LogP contribution in [-0.4, -0.2) is 37.2 Å². The number of pyridine rings is 1. The van der Waals surface area contributed by atoms with Crippen molar-refractivity contribution >= 4 is 22.5 Å². The van der Waals surface area contributed by atoms with Crippen LogP contribution in [0, 0.1) is 0 Å². The van der Waals surface area contributed by atoms with Crippen LogP contribution in [-0.2, 0) is 11.3 Å². The molecule has 6 nitrogen and oxygen atoms in total. The molecule has 0 spiro atoms. The maximum atomic E-state index is 12.6. The van der Waals surface area contributed by atoms with Crippen LogP contribution < -0.4 is 15.8 Å². The Balaban J connectivity index is 1.46. The summed E-state index contributed by atoms with van der Waals surface area (Å²) in [6.45, 7) is 3.70. The molecule has 0 aliphatic carbocycles. The third kappa shape index (κ3) is 3.85. The van der Waals surface area contributed by atoms with Gasteiger partial charge < -0.3 is 19.9 Å². The predicted molar refractivity (Wildman–Crippen MR) is 105 cm³/mol. The van der Waals surface area contributed by atoms with Crippen LogP contribution in [0.15, 0.2) is 59.4 Å². The number of H-pyrrole nitrogens is 1. The zero-order chi connectivity index (χ0) is 18.6. The number of carbonyl (C=O) groups excluding carboxylic acids is 1. The smallest absolute Gasteiger partial charge is 0.252 e. The van der Waals surface area contributed by atoms with Crippen molar-refractivity contribution in [3.8, 4) is 0 Å². The number of carbonyl (C=O) groups is 1. The van der Waals surface area contributed by atoms with E-state index in [1.165, 1.54) is 6.07 Å². The number of morpholine rings is 1. The zero-order valence-electron chi connectivity index (χ0n) is 14.9. The molecule has 138 valence electrons. The highest BCUT2D eigenvalue weighted by Gasteiger charge is 2.13. The van der Waals surface area contributed by atoms with Gasteiger partial charge in [0.2, 0.25) is 5.56 Å². The quantitative estimate of drug-likeness (QED) is 0.746. The summed E-state index contributed by atoms with van der Waals surface area (Å²) in [5.41, 5.74) is 2.93. The summed E-state index contributed by atoms with van der Waals surface area (Å²) in [7, 11) is 0. The lowest BCUT2D eigenvalue weighted by atomic mass is 10.1. The summed E-state index contributed by atoms with van der Waals surface area (Å²) in [4.78, 5) is 29.5. The van der Waals surface area contributed by atoms with Crippen LogP contribution in [0.5, 0.6) is 0 Å². The molecule has 1 amide bonds. The minimum Gasteiger partial charge on any atom is -0.378 e. The standard InChI is InChI=1S/C21H21N3O3/c25-20-13-18(17-3-1-2-4-19(17)23-20)21(26)22-14-15-5-7-16(8-6-15)24-9-11-27-12-10-24/h1-8,13H,9-12,14H2,(H,22,26)(H,23,25). The maximum Gasteiger partial charge on any atom is 0.252 e. The first-order chi connectivity index (χ1) is 13.2. The number of hydrogen-bond acceptors (Lipinski definition) is 4. The molecule has 1 aliphatic heterocycles. The van der Waals surface area contributed by atoms with Gasteiger partial charge in [-0.1, -0.05) is 30.3 Å². The second-order valence-corrected chi connectivity index (χ2v) is 6.54. The van der Waals surface area contributed by atoms with E-state index in [1.54, 1.807) is 6.07 Å². The first-order valence-corrected chi connectivity index (χ1v) is 9.02. The molecule has 1 aromatic heterocycles. The van der Waals surface area contributed by atoms with Gasteiger partial charge in [0.15, 0.2) is 0 Å². The molecule has 0 radical (unpaired) electrons. The Morgan fingerprint density at radius 2 is 1.81 bits per heavy atom. The molecule has 0 atom stereocenters. The number of para-hydroxylation sites is 1. The average Bonchev–Trinajstić information content (AvgIpc) is 2.72. The number of aromatic nitrogens is 1. The van der Waals surface area contributed by atoms with E-state index in [-0.39, 0.29) is 11.5 Å². The normalized spacial score (nSPS) is 14.3. The first-order valence-electron chi connectivity index (χ1n) is 9.02. The monoisotopic (exact) mass is 363 g/mol. The van der Waals surface area contributed by atoms with E-state index in [9.17, 15) is 9.59 Å². The lowest BCUT2D eigenvalue weighted by Crippen LogP contribution is -2.36. The van der Waals surface area contributed by atoms with Gasteiger partial charge in [0.05, 0.1) is 18.8 Å². The fourth-order valence-electron chi connectivity index (χ4n) is 3.32. The summed E-state index contributed by atoms with van der Waals surface area (Å²) in [6, 6.07) is 16.8. The number of anilines is 1. The van der Waals surface area contributed by atoms with Crippen LogP contribution in [0.25, 0.3) is 10.9 Å². The number of benzene rings is 2. The predicted octanol–water partition coefficient (Wildman–Crippen LogP) is 2.29. The second-order valence-electron chi connectivity index (χ2n) is 6.54. The number of fused-ring (bicyclic) bond motifs is 1. The van der Waals surface area contributed by atoms with Gasteiger partial charge in [-0.05, 0) is 23.8 Å². The van der Waals surface area contributed by atoms with Crippen LogP contribution in [0.1, 0.15) is 15.9 Å². The van der Waals surface area contributed by atoms with Gasteiger partial charge in [-0.3, -0.25) is 9.59 Å². The van der Waals surface area contributed by atoms with Crippen molar-refractivity contribution in [1.29, 1.82) is 0 Å². The summed E-state index contributed by atoms with van der Waals surface area (Å²) in [5, 5.41) is 3.64. The van der Waals surface area contributed by atoms with Crippen molar-refractivity contribution in [1.82, 2.24) is 10.3 Å². The molecule has 1 fully saturated rings. The van der Waals surface area contributed by atoms with Crippen molar-refractivity contribution in [2.24, 2.45) is 0 Å². The van der Waals surface area contributed by atoms with Crippen LogP contribution in [0.3, 0.4) is 0 Å². The second kappa shape index (κ2) is 7.63. The zero-order valence-corrected chi connectivity index (χ0v) is 14.9. The molecule has 0 unspecified atom stereocenters. The molecule has 27 heavy (non-hydrogen) atoms. The number of hydrogen-bond donors (Lipinski definition) is 2. The molecular weight excluding hydrogens is 342 g/mol. The molecule has 4 rings (SSSR count). The molecule has 3 aromatic rings. The molecule has 6 heteroatoms. The first kappa shape index (κ1) is 17.3. The summed E-state index contributed by atoms with van der Waals surface area (Å²) < 4.78 is 5.38. The maximum absolute atomic E-state index is 12.6. The van der Waals surface area contributed by atoms with E-state index < -0.39 is 0 Å². The largest absolute Gasteiger partial charge is 0.378 e. The fourth-order valence-corrected chi connectivity index (χ4v) is 3.32. The topological polar surface area (TPSA) is 74.4 Å². The summed E-state index contributed by atoms with van der Waals surface area (Å²) in [6.07, 6.45) is 0. The lowest BCUT2D eigenvalue weighted by Gasteiger charge is -2.28. The molecule has 0 bridgehead atoms. The Morgan fingerprint density at radius 1 is 1.07 bits per heavy atom. The van der Waals surface area contributed by atoms with Crippen LogP contribution in [0.2, 0.25) is 0 Å². The third-order valence-electron chi connectivity index (χ3n) is 4.76. The molecule has 0 saturated carbocycles. The number of amides is 1. The molecule has 1 aliphatic rings. The average molecular weight is 363 g/mol. The van der Waals surface area contributed by atoms with E-state index in [2.05, 4.69) is 27.3 Å². The summed E-state index contributed by atoms with van der Waals surface area (Å²) >= 11 is 0. The number of nitrogens with zero attached hydrogens (tertiary/aromatic N) is 1. The van der Waals surface area contributed by atoms with Crippen molar-refractivity contribution in [2.45, 2.75) is 6.54 Å². The molecule has 1 saturated heterocycles. The van der Waals surface area contributed by atoms with Crippen molar-refractivity contribution in [3.05, 3.63) is 76.1 Å². The van der Waals surface area contributed by atoms with Crippen molar-refractivity contribution < 1.29 is 9.53 Å². The third-order valence-corrected chi connectivity index (χ3v) is 4.76. The van der Waals surface area contributed by atoms with E-state index in [0.717, 1.165) is 42.9 Å². The Hall–Kier alpha value is -3.12. The molecule has 2 heterocycles. The fraction of sp³-hybridized carbons (Fsp3) is 0.238. The molecule has 2 N–H and O–H groups in total. The summed E-state index contributed by atoms with van der Waals surface area (Å²) in [5.74, 6) is -0.255. The van der Waals surface area contributed by atoms with Gasteiger partial charge in [-0.25, -0.2) is 0 Å². The highest BCUT2D eigenvalue weighted by Crippen LogP contribution is 2.17. The number of rotatable bonds is 4. The van der Waals surface area contributed by atoms with E-state index in [1.807, 2.05) is 30.3 Å². The van der Waals surface area contributed by atoms with Crippen LogP contribution >= 0.6 is 0 Å². The SMILES string of the molecule is O=C(NCc1ccc(N2CCOCC2)cc1)c1cc(=O)[nH]c2ccccc12. The van der Waals surface area contributed by atoms with Crippen LogP contribution in [0.4, 0.5) is 5.69 Å². The van der Waals surface area contributed by atoms with E-state index in [4.69, 9.17) is 4.74 Å². The number of nitrogens with one attached hydrogen (secondary N) is 2. The van der Waals surface area contributed by atoms with Crippen molar-refractivity contribution in [2.75, 3.05) is 31.2 Å². The van der Waals surface area contributed by atoms with Crippen molar-refractivity contribution in [3.63, 3.8) is 0 Å². The van der Waals surface area contributed by atoms with Gasteiger partial charge in [0.1, 0.15) is 0 Å². The van der Waals surface area contributed by atoms with Gasteiger partial charge >= 0.3 is 0 Å². The number of aromatic amines is 1. The van der Waals surface area contributed by atoms with Gasteiger partial charge in [0, 0.05) is 42.3 Å². The Bertz CT molecular complexity index is 1010. The molecule has 2 aromatic carbocycles. The van der Waals surface area contributed by atoms with E-state index in [0.29, 0.717) is 17.6 Å². The highest BCUT2D eigenvalue weighted by molar-refractivity contribution is 6.05. The highest BCUT2D eigenvalue weighted by atomic mass is 16.5. The van der Waals surface area contributed by atoms with E-state index >= 15 is 0 Å². The number of ether oxygens (including phenoxy) is 1.